The lowest BCUT2D eigenvalue weighted by atomic mass is 9.98. The smallest absolute Gasteiger partial charge is 0.123 e. The summed E-state index contributed by atoms with van der Waals surface area (Å²) in [7, 11) is 0. The normalized spacial score (nSPS) is 24.0. The van der Waals surface area contributed by atoms with Crippen LogP contribution in [-0.4, -0.2) is 36.3 Å². The van der Waals surface area contributed by atoms with Crippen LogP contribution >= 0.6 is 11.8 Å². The molecule has 1 unspecified atom stereocenters. The molecule has 2 aliphatic rings. The Labute approximate surface area is 131 Å². The molecule has 0 bridgehead atoms. The quantitative estimate of drug-likeness (QED) is 0.910. The summed E-state index contributed by atoms with van der Waals surface area (Å²) < 4.78 is 13.5. The molecule has 1 aromatic rings. The van der Waals surface area contributed by atoms with Gasteiger partial charge in [0.1, 0.15) is 5.82 Å². The van der Waals surface area contributed by atoms with Crippen LogP contribution in [0.15, 0.2) is 23.1 Å². The SMILES string of the molecule is CCCN1CCC(NC2CCSc3ccc(F)cc32)CC1. The molecular formula is C17H25FN2S. The van der Waals surface area contributed by atoms with Crippen molar-refractivity contribution >= 4 is 11.8 Å². The van der Waals surface area contributed by atoms with Gasteiger partial charge >= 0.3 is 0 Å². The molecule has 2 nitrogen and oxygen atoms in total. The standard InChI is InChI=1S/C17H25FN2S/c1-2-8-20-9-5-14(6-10-20)19-16-7-11-21-17-4-3-13(18)12-15(16)17/h3-4,12,14,16,19H,2,5-11H2,1H3. The van der Waals surface area contributed by atoms with Crippen LogP contribution in [0.3, 0.4) is 0 Å². The van der Waals surface area contributed by atoms with Gasteiger partial charge in [-0.1, -0.05) is 6.92 Å². The molecule has 1 fully saturated rings. The minimum Gasteiger partial charge on any atom is -0.307 e. The third-order valence-corrected chi connectivity index (χ3v) is 5.70. The summed E-state index contributed by atoms with van der Waals surface area (Å²) in [6.45, 7) is 5.86. The maximum atomic E-state index is 13.5. The van der Waals surface area contributed by atoms with E-state index in [1.165, 1.54) is 49.4 Å². The minimum absolute atomic E-state index is 0.110. The van der Waals surface area contributed by atoms with Gasteiger partial charge in [-0.2, -0.15) is 0 Å². The molecule has 3 rings (SSSR count). The first-order chi connectivity index (χ1) is 10.3. The van der Waals surface area contributed by atoms with E-state index >= 15 is 0 Å². The fourth-order valence-corrected chi connectivity index (χ4v) is 4.57. The van der Waals surface area contributed by atoms with Crippen molar-refractivity contribution in [1.29, 1.82) is 0 Å². The topological polar surface area (TPSA) is 15.3 Å². The van der Waals surface area contributed by atoms with Gasteiger partial charge in [-0.15, -0.1) is 11.8 Å². The molecule has 4 heteroatoms. The Kier molecular flexibility index (Phi) is 5.19. The van der Waals surface area contributed by atoms with Crippen molar-refractivity contribution in [3.05, 3.63) is 29.6 Å². The summed E-state index contributed by atoms with van der Waals surface area (Å²) >= 11 is 1.86. The van der Waals surface area contributed by atoms with E-state index in [-0.39, 0.29) is 5.82 Å². The predicted octanol–water partition coefficient (Wildman–Crippen LogP) is 3.83. The number of likely N-dealkylation sites (tertiary alicyclic amines) is 1. The molecule has 116 valence electrons. The highest BCUT2D eigenvalue weighted by Gasteiger charge is 2.26. The summed E-state index contributed by atoms with van der Waals surface area (Å²) in [4.78, 5) is 3.81. The van der Waals surface area contributed by atoms with E-state index in [1.807, 2.05) is 17.8 Å². The lowest BCUT2D eigenvalue weighted by molar-refractivity contribution is 0.190. The molecule has 0 spiro atoms. The Morgan fingerprint density at radius 3 is 2.86 bits per heavy atom. The third-order valence-electron chi connectivity index (χ3n) is 4.58. The van der Waals surface area contributed by atoms with Crippen LogP contribution in [-0.2, 0) is 0 Å². The van der Waals surface area contributed by atoms with Gasteiger partial charge in [-0.05, 0) is 74.8 Å². The van der Waals surface area contributed by atoms with Crippen molar-refractivity contribution in [2.75, 3.05) is 25.4 Å². The molecule has 21 heavy (non-hydrogen) atoms. The van der Waals surface area contributed by atoms with Crippen LogP contribution in [0, 0.1) is 5.82 Å². The lowest BCUT2D eigenvalue weighted by Gasteiger charge is -2.36. The van der Waals surface area contributed by atoms with Crippen LogP contribution in [0.5, 0.6) is 0 Å². The van der Waals surface area contributed by atoms with Crippen molar-refractivity contribution in [2.45, 2.75) is 49.6 Å². The van der Waals surface area contributed by atoms with Crippen LogP contribution in [0.25, 0.3) is 0 Å². The zero-order valence-electron chi connectivity index (χ0n) is 12.8. The Morgan fingerprint density at radius 2 is 2.10 bits per heavy atom. The minimum atomic E-state index is -0.110. The maximum Gasteiger partial charge on any atom is 0.123 e. The number of thioether (sulfide) groups is 1. The first kappa shape index (κ1) is 15.3. The van der Waals surface area contributed by atoms with Crippen LogP contribution in [0.2, 0.25) is 0 Å². The van der Waals surface area contributed by atoms with Crippen molar-refractivity contribution in [1.82, 2.24) is 10.2 Å². The zero-order chi connectivity index (χ0) is 14.7. The molecule has 2 aliphatic heterocycles. The van der Waals surface area contributed by atoms with Gasteiger partial charge in [-0.3, -0.25) is 0 Å². The molecule has 0 saturated carbocycles. The highest BCUT2D eigenvalue weighted by molar-refractivity contribution is 7.99. The number of halogens is 1. The second-order valence-corrected chi connectivity index (χ2v) is 7.29. The van der Waals surface area contributed by atoms with Crippen LogP contribution < -0.4 is 5.32 Å². The van der Waals surface area contributed by atoms with E-state index < -0.39 is 0 Å². The second kappa shape index (κ2) is 7.12. The summed E-state index contributed by atoms with van der Waals surface area (Å²) in [5.41, 5.74) is 1.17. The summed E-state index contributed by atoms with van der Waals surface area (Å²) in [6, 6.07) is 6.16. The molecule has 1 N–H and O–H groups in total. The van der Waals surface area contributed by atoms with Crippen LogP contribution in [0.1, 0.15) is 44.2 Å². The molecule has 0 aliphatic carbocycles. The summed E-state index contributed by atoms with van der Waals surface area (Å²) in [5.74, 6) is 1.02. The van der Waals surface area contributed by atoms with Crippen molar-refractivity contribution in [3.8, 4) is 0 Å². The Bertz CT molecular complexity index is 472. The first-order valence-electron chi connectivity index (χ1n) is 8.17. The van der Waals surface area contributed by atoms with Gasteiger partial charge in [0, 0.05) is 17.0 Å². The number of fused-ring (bicyclic) bond motifs is 1. The molecule has 1 aromatic carbocycles. The van der Waals surface area contributed by atoms with E-state index in [1.54, 1.807) is 12.1 Å². The maximum absolute atomic E-state index is 13.5. The van der Waals surface area contributed by atoms with Crippen LogP contribution in [0.4, 0.5) is 4.39 Å². The number of benzene rings is 1. The number of nitrogens with zero attached hydrogens (tertiary/aromatic N) is 1. The molecular weight excluding hydrogens is 283 g/mol. The summed E-state index contributed by atoms with van der Waals surface area (Å²) in [5, 5.41) is 3.80. The molecule has 0 amide bonds. The highest BCUT2D eigenvalue weighted by Crippen LogP contribution is 2.37. The van der Waals surface area contributed by atoms with Crippen molar-refractivity contribution in [3.63, 3.8) is 0 Å². The Morgan fingerprint density at radius 1 is 1.29 bits per heavy atom. The van der Waals surface area contributed by atoms with E-state index in [4.69, 9.17) is 0 Å². The molecule has 1 atom stereocenters. The number of hydrogen-bond acceptors (Lipinski definition) is 3. The van der Waals surface area contributed by atoms with Gasteiger partial charge in [0.25, 0.3) is 0 Å². The molecule has 0 aromatic heterocycles. The highest BCUT2D eigenvalue weighted by atomic mass is 32.2. The fourth-order valence-electron chi connectivity index (χ4n) is 3.46. The van der Waals surface area contributed by atoms with Gasteiger partial charge in [0.2, 0.25) is 0 Å². The van der Waals surface area contributed by atoms with Crippen molar-refractivity contribution < 1.29 is 4.39 Å². The Balaban J connectivity index is 1.61. The van der Waals surface area contributed by atoms with E-state index in [0.717, 1.165) is 12.2 Å². The molecule has 0 radical (unpaired) electrons. The average molecular weight is 308 g/mol. The fraction of sp³-hybridized carbons (Fsp3) is 0.647. The van der Waals surface area contributed by atoms with E-state index in [9.17, 15) is 4.39 Å². The van der Waals surface area contributed by atoms with E-state index in [2.05, 4.69) is 17.1 Å². The summed E-state index contributed by atoms with van der Waals surface area (Å²) in [6.07, 6.45) is 4.78. The largest absolute Gasteiger partial charge is 0.307 e. The second-order valence-electron chi connectivity index (χ2n) is 6.15. The first-order valence-corrected chi connectivity index (χ1v) is 9.15. The van der Waals surface area contributed by atoms with Gasteiger partial charge in [0.15, 0.2) is 0 Å². The average Bonchev–Trinajstić information content (AvgIpc) is 2.50. The third kappa shape index (κ3) is 3.79. The number of hydrogen-bond donors (Lipinski definition) is 1. The van der Waals surface area contributed by atoms with Gasteiger partial charge in [-0.25, -0.2) is 4.39 Å². The number of rotatable bonds is 4. The van der Waals surface area contributed by atoms with Gasteiger partial charge in [0.05, 0.1) is 0 Å². The predicted molar refractivity (Wildman–Crippen MR) is 87.4 cm³/mol. The Hall–Kier alpha value is -0.580. The number of nitrogens with one attached hydrogen (secondary N) is 1. The van der Waals surface area contributed by atoms with E-state index in [0.29, 0.717) is 12.1 Å². The molecule has 2 heterocycles. The molecule has 1 saturated heterocycles. The zero-order valence-corrected chi connectivity index (χ0v) is 13.6. The monoisotopic (exact) mass is 308 g/mol. The van der Waals surface area contributed by atoms with Gasteiger partial charge < -0.3 is 10.2 Å². The van der Waals surface area contributed by atoms with Crippen molar-refractivity contribution in [2.24, 2.45) is 0 Å². The number of piperidine rings is 1. The lowest BCUT2D eigenvalue weighted by Crippen LogP contribution is -2.44.